The average Bonchev–Trinajstić information content (AvgIpc) is 3.85. The van der Waals surface area contributed by atoms with Gasteiger partial charge in [-0.25, -0.2) is 0 Å². The third kappa shape index (κ3) is 6.92. The van der Waals surface area contributed by atoms with Crippen LogP contribution in [0, 0.1) is 25.1 Å². The Bertz CT molecular complexity index is 3490. The maximum Gasteiger partial charge on any atom is 0.0421 e. The number of thiophene rings is 1. The summed E-state index contributed by atoms with van der Waals surface area (Å²) in [7, 11) is 0. The van der Waals surface area contributed by atoms with Crippen LogP contribution in [0.5, 0.6) is 11.5 Å². The number of aromatic nitrogens is 1. The van der Waals surface area contributed by atoms with E-state index in [-0.39, 0.29) is 32.4 Å². The summed E-state index contributed by atoms with van der Waals surface area (Å²) >= 11 is 1.80. The summed E-state index contributed by atoms with van der Waals surface area (Å²) < 4.78 is 7.77. The summed E-state index contributed by atoms with van der Waals surface area (Å²) in [6.07, 6.45) is 1.92. The van der Waals surface area contributed by atoms with Gasteiger partial charge in [-0.15, -0.1) is 58.4 Å². The number of nitrogens with zero attached hydrogens (tertiary/aromatic N) is 1. The van der Waals surface area contributed by atoms with Crippen molar-refractivity contribution in [3.05, 3.63) is 222 Å². The van der Waals surface area contributed by atoms with E-state index in [1.54, 1.807) is 11.3 Å². The van der Waals surface area contributed by atoms with Gasteiger partial charge < -0.3 is 9.72 Å². The summed E-state index contributed by atoms with van der Waals surface area (Å²) in [5.74, 6) is 1.29. The smallest absolute Gasteiger partial charge is 0.0421 e. The van der Waals surface area contributed by atoms with Gasteiger partial charge in [-0.2, -0.15) is 41.5 Å². The standard InChI is InChI=1S/C61H42NOS.Pt/c1-37-44-31-32-62-58(60(44)64-59(37)40-27-29-52-49-23-8-7-21-47(49)45-19-5-6-20-46(45)48-22-9-10-25-51(48)55(52)35-40)39-16-14-18-42(34-39)63-43-28-30-53-50-24-11-12-26-54(50)57(56(53)36-43)38-15-13-17-41(33-38)61(2,3)4;/h5-14,16-33,35,57H,1-4H3;/q-3;. The summed E-state index contributed by atoms with van der Waals surface area (Å²) in [4.78, 5) is 6.23. The first kappa shape index (κ1) is 41.1. The molecule has 0 saturated carbocycles. The Labute approximate surface area is 399 Å². The van der Waals surface area contributed by atoms with Crippen molar-refractivity contribution in [1.82, 2.24) is 4.98 Å². The normalized spacial score (nSPS) is 13.3. The molecule has 0 spiro atoms. The summed E-state index contributed by atoms with van der Waals surface area (Å²) in [5.41, 5.74) is 21.5. The molecule has 0 fully saturated rings. The van der Waals surface area contributed by atoms with E-state index in [0.717, 1.165) is 27.1 Å². The number of benzene rings is 8. The van der Waals surface area contributed by atoms with Gasteiger partial charge >= 0.3 is 0 Å². The van der Waals surface area contributed by atoms with Crippen molar-refractivity contribution in [3.8, 4) is 88.8 Å². The second kappa shape index (κ2) is 16.1. The van der Waals surface area contributed by atoms with Crippen LogP contribution < -0.4 is 4.74 Å². The van der Waals surface area contributed by atoms with Gasteiger partial charge in [0.25, 0.3) is 0 Å². The van der Waals surface area contributed by atoms with Crippen LogP contribution in [-0.2, 0) is 26.5 Å². The predicted molar refractivity (Wildman–Crippen MR) is 265 cm³/mol. The molecule has 0 bridgehead atoms. The van der Waals surface area contributed by atoms with Crippen molar-refractivity contribution in [1.29, 1.82) is 0 Å². The summed E-state index contributed by atoms with van der Waals surface area (Å²) in [5, 5.41) is 1.20. The number of hydrogen-bond donors (Lipinski definition) is 0. The molecule has 8 aromatic carbocycles. The van der Waals surface area contributed by atoms with Crippen LogP contribution >= 0.6 is 11.3 Å². The fraction of sp³-hybridized carbons (Fsp3) is 0.0984. The molecular formula is C61H42NOPtS-3. The fourth-order valence-corrected chi connectivity index (χ4v) is 11.3. The van der Waals surface area contributed by atoms with E-state index in [1.165, 1.54) is 88.2 Å². The number of aryl methyl sites for hydroxylation is 1. The molecule has 0 aliphatic heterocycles. The van der Waals surface area contributed by atoms with Crippen molar-refractivity contribution < 1.29 is 25.8 Å². The minimum atomic E-state index is 0. The number of pyridine rings is 1. The van der Waals surface area contributed by atoms with E-state index in [1.807, 2.05) is 24.4 Å². The monoisotopic (exact) mass is 1030 g/mol. The molecule has 12 rings (SSSR count). The molecule has 0 N–H and O–H groups in total. The fourth-order valence-electron chi connectivity index (χ4n) is 9.98. The molecule has 2 nitrogen and oxygen atoms in total. The molecule has 2 aliphatic rings. The van der Waals surface area contributed by atoms with Gasteiger partial charge in [-0.1, -0.05) is 142 Å². The summed E-state index contributed by atoms with van der Waals surface area (Å²) in [6.45, 7) is 9.02. The number of hydrogen-bond acceptors (Lipinski definition) is 3. The van der Waals surface area contributed by atoms with E-state index < -0.39 is 0 Å². The molecule has 1 unspecified atom stereocenters. The van der Waals surface area contributed by atoms with Crippen LogP contribution in [0.25, 0.3) is 87.4 Å². The largest absolute Gasteiger partial charge is 0.503 e. The average molecular weight is 1030 g/mol. The molecule has 2 aromatic heterocycles. The SMILES string of the molecule is Cc1c(-c2ccc3c(c2)-c2ccccc2-c2ccccc2-c2ccccc2-3)sc2c(-c3[c-]c(Oc4[c-]c5c(cc4)-c4ccccc4C5c4[c-]ccc(C(C)(C)C)c4)ccc3)nccc12.[Pt]. The van der Waals surface area contributed by atoms with Crippen LogP contribution in [0.2, 0.25) is 0 Å². The maximum atomic E-state index is 6.64. The van der Waals surface area contributed by atoms with Crippen molar-refractivity contribution in [2.45, 2.75) is 39.0 Å². The molecular weight excluding hydrogens is 990 g/mol. The second-order valence-corrected chi connectivity index (χ2v) is 19.0. The topological polar surface area (TPSA) is 22.1 Å². The number of rotatable bonds is 5. The van der Waals surface area contributed by atoms with Gasteiger partial charge in [-0.05, 0) is 97.0 Å². The van der Waals surface area contributed by atoms with Crippen LogP contribution in [0.4, 0.5) is 0 Å². The first-order chi connectivity index (χ1) is 31.3. The van der Waals surface area contributed by atoms with Gasteiger partial charge in [0.2, 0.25) is 0 Å². The molecule has 65 heavy (non-hydrogen) atoms. The minimum absolute atomic E-state index is 0. The predicted octanol–water partition coefficient (Wildman–Crippen LogP) is 16.6. The van der Waals surface area contributed by atoms with Crippen LogP contribution in [0.1, 0.15) is 54.5 Å². The zero-order valence-corrected chi connectivity index (χ0v) is 39.5. The van der Waals surface area contributed by atoms with Gasteiger partial charge in [0, 0.05) is 54.0 Å². The third-order valence-electron chi connectivity index (χ3n) is 13.1. The van der Waals surface area contributed by atoms with E-state index in [4.69, 9.17) is 9.72 Å². The Hall–Kier alpha value is -6.64. The van der Waals surface area contributed by atoms with Gasteiger partial charge in [-0.3, -0.25) is 0 Å². The first-order valence-corrected chi connectivity index (χ1v) is 22.8. The molecule has 0 saturated heterocycles. The molecule has 1 atom stereocenters. The molecule has 10 aromatic rings. The van der Waals surface area contributed by atoms with E-state index in [9.17, 15) is 0 Å². The maximum absolute atomic E-state index is 6.64. The van der Waals surface area contributed by atoms with E-state index in [2.05, 4.69) is 198 Å². The van der Waals surface area contributed by atoms with Crippen molar-refractivity contribution in [2.24, 2.45) is 0 Å². The molecule has 2 aliphatic carbocycles. The van der Waals surface area contributed by atoms with E-state index >= 15 is 0 Å². The Balaban J connectivity index is 0.00000469. The van der Waals surface area contributed by atoms with Gasteiger partial charge in [0.1, 0.15) is 0 Å². The summed E-state index contributed by atoms with van der Waals surface area (Å²) in [6, 6.07) is 72.1. The Morgan fingerprint density at radius 3 is 1.85 bits per heavy atom. The Kier molecular flexibility index (Phi) is 10.2. The zero-order chi connectivity index (χ0) is 43.1. The second-order valence-electron chi connectivity index (χ2n) is 18.0. The molecule has 2 heterocycles. The number of ether oxygens (including phenoxy) is 1. The molecule has 4 heteroatoms. The van der Waals surface area contributed by atoms with Gasteiger partial charge in [0.05, 0.1) is 0 Å². The first-order valence-electron chi connectivity index (χ1n) is 22.0. The van der Waals surface area contributed by atoms with Gasteiger partial charge in [0.15, 0.2) is 0 Å². The van der Waals surface area contributed by atoms with E-state index in [0.29, 0.717) is 11.5 Å². The minimum Gasteiger partial charge on any atom is -0.503 e. The zero-order valence-electron chi connectivity index (χ0n) is 36.4. The molecule has 316 valence electrons. The Morgan fingerprint density at radius 1 is 0.569 bits per heavy atom. The van der Waals surface area contributed by atoms with Crippen LogP contribution in [0.15, 0.2) is 176 Å². The van der Waals surface area contributed by atoms with Crippen molar-refractivity contribution >= 4 is 21.4 Å². The molecule has 0 amide bonds. The molecule has 0 radical (unpaired) electrons. The Morgan fingerprint density at radius 2 is 1.17 bits per heavy atom. The van der Waals surface area contributed by atoms with Crippen molar-refractivity contribution in [3.63, 3.8) is 0 Å². The van der Waals surface area contributed by atoms with Crippen LogP contribution in [0.3, 0.4) is 0 Å². The van der Waals surface area contributed by atoms with Crippen molar-refractivity contribution in [2.75, 3.05) is 0 Å². The third-order valence-corrected chi connectivity index (χ3v) is 14.5. The quantitative estimate of drug-likeness (QED) is 0.160. The van der Waals surface area contributed by atoms with Crippen LogP contribution in [-0.4, -0.2) is 4.98 Å². The number of fused-ring (bicyclic) bond motifs is 12.